The van der Waals surface area contributed by atoms with E-state index in [0.29, 0.717) is 33.6 Å². The van der Waals surface area contributed by atoms with Crippen LogP contribution >= 0.6 is 11.8 Å². The molecule has 1 amide bonds. The van der Waals surface area contributed by atoms with Crippen molar-refractivity contribution in [1.82, 2.24) is 0 Å². The maximum absolute atomic E-state index is 13.3. The molecule has 6 nitrogen and oxygen atoms in total. The van der Waals surface area contributed by atoms with E-state index in [1.807, 2.05) is 60.7 Å². The number of rotatable bonds is 4. The van der Waals surface area contributed by atoms with Gasteiger partial charge in [0.25, 0.3) is 5.91 Å². The van der Waals surface area contributed by atoms with Crippen molar-refractivity contribution in [2.24, 2.45) is 4.99 Å². The molecule has 5 rings (SSSR count). The second kappa shape index (κ2) is 7.68. The highest BCUT2D eigenvalue weighted by molar-refractivity contribution is 8.16. The number of ether oxygens (including phenoxy) is 2. The highest BCUT2D eigenvalue weighted by Gasteiger charge is 2.43. The van der Waals surface area contributed by atoms with Gasteiger partial charge in [-0.15, -0.1) is 0 Å². The zero-order valence-electron chi connectivity index (χ0n) is 15.7. The monoisotopic (exact) mass is 416 g/mol. The largest absolute Gasteiger partial charge is 0.454 e. The first-order valence-corrected chi connectivity index (χ1v) is 10.2. The lowest BCUT2D eigenvalue weighted by atomic mass is 10.1. The number of para-hydroxylation sites is 2. The Balaban J connectivity index is 1.52. The minimum atomic E-state index is -0.923. The smallest absolute Gasteiger partial charge is 0.254 e. The molecule has 0 aromatic heterocycles. The average molecular weight is 416 g/mol. The van der Waals surface area contributed by atoms with Crippen LogP contribution in [0.3, 0.4) is 0 Å². The molecule has 0 bridgehead atoms. The summed E-state index contributed by atoms with van der Waals surface area (Å²) in [6, 6.07) is 23.6. The van der Waals surface area contributed by atoms with E-state index >= 15 is 0 Å². The molecule has 1 saturated heterocycles. The van der Waals surface area contributed by atoms with Crippen LogP contribution in [0.2, 0.25) is 0 Å². The van der Waals surface area contributed by atoms with Crippen molar-refractivity contribution in [3.8, 4) is 11.5 Å². The Hall–Kier alpha value is -3.58. The molecule has 0 saturated carbocycles. The Labute approximate surface area is 177 Å². The maximum atomic E-state index is 13.3. The molecule has 1 atom stereocenters. The number of Topliss-reactive ketones (excluding diaryl/α,β-unsaturated/α-hetero) is 1. The number of thioether (sulfide) groups is 1. The molecular weight excluding hydrogens is 400 g/mol. The highest BCUT2D eigenvalue weighted by Crippen LogP contribution is 2.37. The molecule has 30 heavy (non-hydrogen) atoms. The fourth-order valence-electron chi connectivity index (χ4n) is 3.29. The van der Waals surface area contributed by atoms with Crippen LogP contribution in [0.25, 0.3) is 0 Å². The summed E-state index contributed by atoms with van der Waals surface area (Å²) < 4.78 is 10.7. The van der Waals surface area contributed by atoms with Crippen molar-refractivity contribution < 1.29 is 19.1 Å². The van der Waals surface area contributed by atoms with E-state index < -0.39 is 5.25 Å². The van der Waals surface area contributed by atoms with Crippen LogP contribution in [0.15, 0.2) is 83.9 Å². The van der Waals surface area contributed by atoms with E-state index in [2.05, 4.69) is 4.99 Å². The number of benzene rings is 3. The molecule has 2 aliphatic heterocycles. The molecular formula is C23H16N2O4S. The van der Waals surface area contributed by atoms with Gasteiger partial charge in [-0.2, -0.15) is 0 Å². The standard InChI is InChI=1S/C23H16N2O4S/c26-20(15-11-12-18-19(13-15)29-14-28-18)21-22(27)25(17-9-5-2-6-10-17)23(30-21)24-16-7-3-1-4-8-16/h1-13,21H,14H2. The van der Waals surface area contributed by atoms with Crippen LogP contribution in [-0.4, -0.2) is 28.9 Å². The molecule has 0 aliphatic carbocycles. The van der Waals surface area contributed by atoms with Crippen LogP contribution in [-0.2, 0) is 4.79 Å². The summed E-state index contributed by atoms with van der Waals surface area (Å²) in [6.45, 7) is 0.125. The molecule has 1 fully saturated rings. The Morgan fingerprint density at radius 2 is 1.63 bits per heavy atom. The topological polar surface area (TPSA) is 68.2 Å². The van der Waals surface area contributed by atoms with Gasteiger partial charge in [-0.25, -0.2) is 4.99 Å². The molecule has 3 aromatic carbocycles. The van der Waals surface area contributed by atoms with Gasteiger partial charge in [0.2, 0.25) is 6.79 Å². The Kier molecular flexibility index (Phi) is 4.72. The van der Waals surface area contributed by atoms with Gasteiger partial charge in [-0.1, -0.05) is 48.2 Å². The van der Waals surface area contributed by atoms with Gasteiger partial charge < -0.3 is 9.47 Å². The predicted octanol–water partition coefficient (Wildman–Crippen LogP) is 4.43. The van der Waals surface area contributed by atoms with E-state index in [4.69, 9.17) is 9.47 Å². The first-order chi connectivity index (χ1) is 14.7. The number of carbonyl (C=O) groups is 2. The third-order valence-electron chi connectivity index (χ3n) is 4.75. The maximum Gasteiger partial charge on any atom is 0.254 e. The van der Waals surface area contributed by atoms with Gasteiger partial charge in [0, 0.05) is 5.56 Å². The van der Waals surface area contributed by atoms with Crippen molar-refractivity contribution >= 4 is 40.0 Å². The summed E-state index contributed by atoms with van der Waals surface area (Å²) in [5, 5.41) is -0.454. The SMILES string of the molecule is O=C(c1ccc2c(c1)OCO2)C1SC(=Nc2ccccc2)N(c2ccccc2)C1=O. The highest BCUT2D eigenvalue weighted by atomic mass is 32.2. The molecule has 0 radical (unpaired) electrons. The fraction of sp³-hybridized carbons (Fsp3) is 0.0870. The van der Waals surface area contributed by atoms with Gasteiger partial charge in [0.05, 0.1) is 11.4 Å². The molecule has 2 heterocycles. The Bertz CT molecular complexity index is 1150. The van der Waals surface area contributed by atoms with E-state index in [1.165, 1.54) is 4.90 Å². The van der Waals surface area contributed by atoms with E-state index in [1.54, 1.807) is 18.2 Å². The lowest BCUT2D eigenvalue weighted by Gasteiger charge is -2.16. The summed E-state index contributed by atoms with van der Waals surface area (Å²) in [7, 11) is 0. The molecule has 3 aromatic rings. The number of nitrogens with zero attached hydrogens (tertiary/aromatic N) is 2. The Morgan fingerprint density at radius 3 is 2.40 bits per heavy atom. The van der Waals surface area contributed by atoms with Crippen LogP contribution in [0.5, 0.6) is 11.5 Å². The number of hydrogen-bond acceptors (Lipinski definition) is 6. The van der Waals surface area contributed by atoms with Crippen LogP contribution in [0, 0.1) is 0 Å². The summed E-state index contributed by atoms with van der Waals surface area (Å²) >= 11 is 1.16. The zero-order chi connectivity index (χ0) is 20.5. The molecule has 7 heteroatoms. The minimum absolute atomic E-state index is 0.125. The molecule has 1 unspecified atom stereocenters. The molecule has 148 valence electrons. The number of ketones is 1. The van der Waals surface area contributed by atoms with Gasteiger partial charge in [0.1, 0.15) is 0 Å². The van der Waals surface area contributed by atoms with Crippen LogP contribution < -0.4 is 14.4 Å². The summed E-state index contributed by atoms with van der Waals surface area (Å²) in [5.74, 6) is 0.495. The summed E-state index contributed by atoms with van der Waals surface area (Å²) in [5.41, 5.74) is 1.79. The number of amidine groups is 1. The van der Waals surface area contributed by atoms with Crippen LogP contribution in [0.1, 0.15) is 10.4 Å². The second-order valence-electron chi connectivity index (χ2n) is 6.67. The van der Waals surface area contributed by atoms with Gasteiger partial charge in [-0.05, 0) is 42.5 Å². The Morgan fingerprint density at radius 1 is 0.933 bits per heavy atom. The third-order valence-corrected chi connectivity index (χ3v) is 5.89. The van der Waals surface area contributed by atoms with Gasteiger partial charge in [0.15, 0.2) is 27.7 Å². The lowest BCUT2D eigenvalue weighted by Crippen LogP contribution is -2.35. The van der Waals surface area contributed by atoms with Crippen molar-refractivity contribution in [3.63, 3.8) is 0 Å². The average Bonchev–Trinajstić information content (AvgIpc) is 3.38. The predicted molar refractivity (Wildman–Crippen MR) is 116 cm³/mol. The van der Waals surface area contributed by atoms with E-state index in [9.17, 15) is 9.59 Å². The van der Waals surface area contributed by atoms with Crippen molar-refractivity contribution in [2.75, 3.05) is 11.7 Å². The molecule has 0 N–H and O–H groups in total. The van der Waals surface area contributed by atoms with E-state index in [-0.39, 0.29) is 18.5 Å². The zero-order valence-corrected chi connectivity index (χ0v) is 16.5. The summed E-state index contributed by atoms with van der Waals surface area (Å²) in [6.07, 6.45) is 0. The van der Waals surface area contributed by atoms with Crippen LogP contribution in [0.4, 0.5) is 11.4 Å². The third kappa shape index (κ3) is 3.33. The first kappa shape index (κ1) is 18.4. The van der Waals surface area contributed by atoms with Crippen molar-refractivity contribution in [2.45, 2.75) is 5.25 Å². The second-order valence-corrected chi connectivity index (χ2v) is 7.74. The number of fused-ring (bicyclic) bond motifs is 1. The number of anilines is 1. The fourth-order valence-corrected chi connectivity index (χ4v) is 4.41. The summed E-state index contributed by atoms with van der Waals surface area (Å²) in [4.78, 5) is 32.7. The minimum Gasteiger partial charge on any atom is -0.454 e. The number of aliphatic imine (C=N–C) groups is 1. The molecule has 0 spiro atoms. The molecule has 2 aliphatic rings. The number of hydrogen-bond donors (Lipinski definition) is 0. The van der Waals surface area contributed by atoms with Crippen molar-refractivity contribution in [1.29, 1.82) is 0 Å². The van der Waals surface area contributed by atoms with Crippen molar-refractivity contribution in [3.05, 3.63) is 84.4 Å². The first-order valence-electron chi connectivity index (χ1n) is 9.34. The number of amides is 1. The normalized spacial score (nSPS) is 18.8. The van der Waals surface area contributed by atoms with E-state index in [0.717, 1.165) is 11.8 Å². The number of carbonyl (C=O) groups excluding carboxylic acids is 2. The van der Waals surface area contributed by atoms with Gasteiger partial charge >= 0.3 is 0 Å². The lowest BCUT2D eigenvalue weighted by molar-refractivity contribution is -0.116. The van der Waals surface area contributed by atoms with Gasteiger partial charge in [-0.3, -0.25) is 14.5 Å². The quantitative estimate of drug-likeness (QED) is 0.465.